The van der Waals surface area contributed by atoms with Crippen LogP contribution in [-0.4, -0.2) is 30.3 Å². The molecule has 1 aliphatic rings. The molecule has 0 amide bonds. The minimum atomic E-state index is -0.854. The second-order valence-corrected chi connectivity index (χ2v) is 4.20. The fourth-order valence-corrected chi connectivity index (χ4v) is 1.95. The smallest absolute Gasteiger partial charge is 0.155 e. The Morgan fingerprint density at radius 1 is 1.29 bits per heavy atom. The van der Waals surface area contributed by atoms with Crippen LogP contribution in [0.5, 0.6) is 0 Å². The van der Waals surface area contributed by atoms with Crippen molar-refractivity contribution >= 4 is 0 Å². The largest absolute Gasteiger partial charge is 0.371 e. The number of halogens is 1. The summed E-state index contributed by atoms with van der Waals surface area (Å²) in [5.74, 6) is 0. The van der Waals surface area contributed by atoms with Crippen molar-refractivity contribution in [1.82, 2.24) is 0 Å². The lowest BCUT2D eigenvalue weighted by Gasteiger charge is -2.32. The Bertz CT molecular complexity index is 331. The predicted molar refractivity (Wildman–Crippen MR) is 61.1 cm³/mol. The van der Waals surface area contributed by atoms with E-state index in [0.717, 1.165) is 5.56 Å². The molecule has 0 aliphatic carbocycles. The molecule has 1 saturated heterocycles. The van der Waals surface area contributed by atoms with Gasteiger partial charge in [0, 0.05) is 6.42 Å². The highest BCUT2D eigenvalue weighted by molar-refractivity contribution is 5.13. The lowest BCUT2D eigenvalue weighted by molar-refractivity contribution is -0.214. The normalized spacial score (nSPS) is 29.2. The van der Waals surface area contributed by atoms with Crippen molar-refractivity contribution < 1.29 is 19.0 Å². The van der Waals surface area contributed by atoms with E-state index in [0.29, 0.717) is 19.4 Å². The number of ether oxygens (including phenoxy) is 2. The summed E-state index contributed by atoms with van der Waals surface area (Å²) in [7, 11) is 0. The lowest BCUT2D eigenvalue weighted by Crippen LogP contribution is -2.41. The number of alkyl halides is 1. The van der Waals surface area contributed by atoms with E-state index in [1.165, 1.54) is 0 Å². The monoisotopic (exact) mass is 240 g/mol. The molecular weight excluding hydrogens is 223 g/mol. The summed E-state index contributed by atoms with van der Waals surface area (Å²) in [6.07, 6.45) is -0.656. The molecule has 0 radical (unpaired) electrons. The summed E-state index contributed by atoms with van der Waals surface area (Å²) in [6.45, 7) is -0.183. The third-order valence-electron chi connectivity index (χ3n) is 2.90. The van der Waals surface area contributed by atoms with E-state index < -0.39 is 19.1 Å². The quantitative estimate of drug-likeness (QED) is 0.875. The summed E-state index contributed by atoms with van der Waals surface area (Å²) in [4.78, 5) is 0. The van der Waals surface area contributed by atoms with Gasteiger partial charge in [-0.1, -0.05) is 30.3 Å². The van der Waals surface area contributed by atoms with Gasteiger partial charge in [-0.25, -0.2) is 4.39 Å². The standard InChI is InChI=1S/C13H17FO3/c14-8-12-11(6-7-13(15)17-12)16-9-10-4-2-1-3-5-10/h1-5,11-13,15H,6-9H2/t11-,12+,13+/m1/s1. The molecular formula is C13H17FO3. The zero-order chi connectivity index (χ0) is 12.1. The zero-order valence-corrected chi connectivity index (χ0v) is 9.59. The van der Waals surface area contributed by atoms with Crippen LogP contribution in [0.15, 0.2) is 30.3 Å². The molecule has 0 saturated carbocycles. The Labute approximate surface area is 100 Å². The van der Waals surface area contributed by atoms with E-state index in [-0.39, 0.29) is 6.10 Å². The van der Waals surface area contributed by atoms with Gasteiger partial charge in [-0.3, -0.25) is 0 Å². The van der Waals surface area contributed by atoms with Crippen molar-refractivity contribution in [2.24, 2.45) is 0 Å². The van der Waals surface area contributed by atoms with Gasteiger partial charge in [0.25, 0.3) is 0 Å². The van der Waals surface area contributed by atoms with Crippen LogP contribution < -0.4 is 0 Å². The number of aliphatic hydroxyl groups is 1. The summed E-state index contributed by atoms with van der Waals surface area (Å²) >= 11 is 0. The van der Waals surface area contributed by atoms with Crippen LogP contribution in [-0.2, 0) is 16.1 Å². The van der Waals surface area contributed by atoms with Crippen LogP contribution in [0.1, 0.15) is 18.4 Å². The molecule has 1 aliphatic heterocycles. The van der Waals surface area contributed by atoms with Gasteiger partial charge in [-0.15, -0.1) is 0 Å². The van der Waals surface area contributed by atoms with E-state index in [1.54, 1.807) is 0 Å². The first-order valence-electron chi connectivity index (χ1n) is 5.84. The number of rotatable bonds is 4. The van der Waals surface area contributed by atoms with Gasteiger partial charge in [0.1, 0.15) is 12.8 Å². The Balaban J connectivity index is 1.85. The van der Waals surface area contributed by atoms with Crippen LogP contribution in [0.3, 0.4) is 0 Å². The molecule has 17 heavy (non-hydrogen) atoms. The van der Waals surface area contributed by atoms with Gasteiger partial charge in [0.2, 0.25) is 0 Å². The molecule has 0 aromatic heterocycles. The van der Waals surface area contributed by atoms with E-state index in [2.05, 4.69) is 0 Å². The van der Waals surface area contributed by atoms with E-state index in [1.807, 2.05) is 30.3 Å². The van der Waals surface area contributed by atoms with Crippen LogP contribution in [0.2, 0.25) is 0 Å². The summed E-state index contributed by atoms with van der Waals surface area (Å²) < 4.78 is 23.4. The third-order valence-corrected chi connectivity index (χ3v) is 2.90. The van der Waals surface area contributed by atoms with Crippen molar-refractivity contribution in [3.05, 3.63) is 35.9 Å². The maximum Gasteiger partial charge on any atom is 0.155 e. The molecule has 0 spiro atoms. The summed E-state index contributed by atoms with van der Waals surface area (Å²) in [5, 5.41) is 9.27. The molecule has 0 unspecified atom stereocenters. The molecule has 2 rings (SSSR count). The minimum absolute atomic E-state index is 0.274. The Morgan fingerprint density at radius 2 is 2.06 bits per heavy atom. The highest BCUT2D eigenvalue weighted by atomic mass is 19.1. The maximum absolute atomic E-state index is 12.7. The molecule has 3 nitrogen and oxygen atoms in total. The fourth-order valence-electron chi connectivity index (χ4n) is 1.95. The third kappa shape index (κ3) is 3.49. The first-order valence-corrected chi connectivity index (χ1v) is 5.84. The van der Waals surface area contributed by atoms with Gasteiger partial charge >= 0.3 is 0 Å². The maximum atomic E-state index is 12.7. The zero-order valence-electron chi connectivity index (χ0n) is 9.59. The Kier molecular flexibility index (Phi) is 4.48. The minimum Gasteiger partial charge on any atom is -0.371 e. The highest BCUT2D eigenvalue weighted by Gasteiger charge is 2.31. The first-order chi connectivity index (χ1) is 8.29. The van der Waals surface area contributed by atoms with Gasteiger partial charge in [0.15, 0.2) is 6.29 Å². The number of aliphatic hydroxyl groups excluding tert-OH is 1. The number of hydrogen-bond donors (Lipinski definition) is 1. The summed E-state index contributed by atoms with van der Waals surface area (Å²) in [6, 6.07) is 9.73. The van der Waals surface area contributed by atoms with E-state index >= 15 is 0 Å². The fraction of sp³-hybridized carbons (Fsp3) is 0.538. The number of hydrogen-bond acceptors (Lipinski definition) is 3. The molecule has 1 aromatic carbocycles. The van der Waals surface area contributed by atoms with Gasteiger partial charge in [-0.05, 0) is 12.0 Å². The highest BCUT2D eigenvalue weighted by Crippen LogP contribution is 2.22. The molecule has 0 bridgehead atoms. The van der Waals surface area contributed by atoms with Crippen LogP contribution in [0.25, 0.3) is 0 Å². The second kappa shape index (κ2) is 6.10. The average Bonchev–Trinajstić information content (AvgIpc) is 2.38. The molecule has 3 atom stereocenters. The first kappa shape index (κ1) is 12.5. The average molecular weight is 240 g/mol. The predicted octanol–water partition coefficient (Wildman–Crippen LogP) is 2.04. The molecule has 1 aromatic rings. The van der Waals surface area contributed by atoms with Crippen molar-refractivity contribution in [2.45, 2.75) is 37.9 Å². The molecule has 1 heterocycles. The molecule has 4 heteroatoms. The van der Waals surface area contributed by atoms with Gasteiger partial charge in [0.05, 0.1) is 12.7 Å². The summed E-state index contributed by atoms with van der Waals surface area (Å²) in [5.41, 5.74) is 1.05. The topological polar surface area (TPSA) is 38.7 Å². The van der Waals surface area contributed by atoms with Crippen LogP contribution in [0, 0.1) is 0 Å². The van der Waals surface area contributed by atoms with Crippen LogP contribution in [0.4, 0.5) is 4.39 Å². The van der Waals surface area contributed by atoms with E-state index in [9.17, 15) is 9.50 Å². The molecule has 1 N–H and O–H groups in total. The van der Waals surface area contributed by atoms with Gasteiger partial charge in [-0.2, -0.15) is 0 Å². The van der Waals surface area contributed by atoms with E-state index in [4.69, 9.17) is 9.47 Å². The van der Waals surface area contributed by atoms with Crippen molar-refractivity contribution in [1.29, 1.82) is 0 Å². The SMILES string of the molecule is O[C@@H]1CC[C@@H](OCc2ccccc2)[C@H](CF)O1. The van der Waals surface area contributed by atoms with Crippen molar-refractivity contribution in [3.63, 3.8) is 0 Å². The second-order valence-electron chi connectivity index (χ2n) is 4.20. The van der Waals surface area contributed by atoms with Crippen molar-refractivity contribution in [2.75, 3.05) is 6.67 Å². The Hall–Kier alpha value is -0.970. The number of benzene rings is 1. The van der Waals surface area contributed by atoms with Gasteiger partial charge < -0.3 is 14.6 Å². The van der Waals surface area contributed by atoms with Crippen molar-refractivity contribution in [3.8, 4) is 0 Å². The molecule has 1 fully saturated rings. The van der Waals surface area contributed by atoms with Crippen LogP contribution >= 0.6 is 0 Å². The Morgan fingerprint density at radius 3 is 2.76 bits per heavy atom. The molecule has 94 valence electrons. The lowest BCUT2D eigenvalue weighted by atomic mass is 10.1.